The molecule has 92 valence electrons. The Balaban J connectivity index is 1.91. The molecule has 0 aliphatic rings. The molecule has 0 saturated heterocycles. The molecule has 2 aromatic heterocycles. The number of aromatic nitrogens is 1. The molecule has 0 radical (unpaired) electrons. The first kappa shape index (κ1) is 11.5. The van der Waals surface area contributed by atoms with Gasteiger partial charge in [-0.05, 0) is 34.9 Å². The molecule has 0 unspecified atom stereocenters. The quantitative estimate of drug-likeness (QED) is 0.761. The molecule has 3 aromatic rings. The van der Waals surface area contributed by atoms with Crippen molar-refractivity contribution < 1.29 is 5.11 Å². The highest BCUT2D eigenvalue weighted by molar-refractivity contribution is 7.07. The van der Waals surface area contributed by atoms with Crippen molar-refractivity contribution in [2.75, 3.05) is 0 Å². The summed E-state index contributed by atoms with van der Waals surface area (Å²) in [6, 6.07) is 10.4. The number of rotatable bonds is 4. The largest absolute Gasteiger partial charge is 0.392 e. The van der Waals surface area contributed by atoms with Gasteiger partial charge in [0.1, 0.15) is 0 Å². The molecule has 0 amide bonds. The SMILES string of the molecule is OCc1cn(CCc2ccsc2)c2ccccc12. The monoisotopic (exact) mass is 257 g/mol. The lowest BCUT2D eigenvalue weighted by Crippen LogP contribution is -1.98. The number of fused-ring (bicyclic) bond motifs is 1. The first-order valence-corrected chi connectivity index (χ1v) is 7.01. The van der Waals surface area contributed by atoms with Crippen molar-refractivity contribution in [2.24, 2.45) is 0 Å². The molecular weight excluding hydrogens is 242 g/mol. The molecule has 2 nitrogen and oxygen atoms in total. The smallest absolute Gasteiger partial charge is 0.0702 e. The molecule has 18 heavy (non-hydrogen) atoms. The molecular formula is C15H15NOS. The fourth-order valence-electron chi connectivity index (χ4n) is 2.32. The van der Waals surface area contributed by atoms with Crippen LogP contribution >= 0.6 is 11.3 Å². The van der Waals surface area contributed by atoms with E-state index in [9.17, 15) is 5.11 Å². The van der Waals surface area contributed by atoms with Crippen LogP contribution in [0.2, 0.25) is 0 Å². The van der Waals surface area contributed by atoms with Crippen LogP contribution in [0.4, 0.5) is 0 Å². The van der Waals surface area contributed by atoms with Gasteiger partial charge in [0.05, 0.1) is 6.61 Å². The summed E-state index contributed by atoms with van der Waals surface area (Å²) in [5, 5.41) is 14.9. The standard InChI is InChI=1S/C15H15NOS/c17-10-13-9-16(7-5-12-6-8-18-11-12)15-4-2-1-3-14(13)15/h1-4,6,8-9,11,17H,5,7,10H2. The number of aliphatic hydroxyl groups excluding tert-OH is 1. The minimum absolute atomic E-state index is 0.103. The summed E-state index contributed by atoms with van der Waals surface area (Å²) in [7, 11) is 0. The number of aryl methyl sites for hydroxylation is 2. The molecule has 1 aromatic carbocycles. The second-order valence-electron chi connectivity index (χ2n) is 4.40. The van der Waals surface area contributed by atoms with Crippen LogP contribution in [0.5, 0.6) is 0 Å². The van der Waals surface area contributed by atoms with Crippen molar-refractivity contribution in [1.82, 2.24) is 4.57 Å². The molecule has 0 saturated carbocycles. The van der Waals surface area contributed by atoms with E-state index in [0.29, 0.717) is 0 Å². The zero-order valence-corrected chi connectivity index (χ0v) is 10.9. The van der Waals surface area contributed by atoms with Gasteiger partial charge in [-0.3, -0.25) is 0 Å². The molecule has 0 atom stereocenters. The maximum atomic E-state index is 9.39. The first-order valence-electron chi connectivity index (χ1n) is 6.07. The number of thiophene rings is 1. The Labute approximate surface area is 110 Å². The van der Waals surface area contributed by atoms with E-state index in [-0.39, 0.29) is 6.61 Å². The van der Waals surface area contributed by atoms with Crippen LogP contribution in [0, 0.1) is 0 Å². The van der Waals surface area contributed by atoms with Gasteiger partial charge in [0, 0.05) is 29.2 Å². The van der Waals surface area contributed by atoms with Crippen molar-refractivity contribution in [2.45, 2.75) is 19.6 Å². The molecule has 0 fully saturated rings. The predicted octanol–water partition coefficient (Wildman–Crippen LogP) is 3.44. The van der Waals surface area contributed by atoms with Crippen LogP contribution in [0.15, 0.2) is 47.3 Å². The van der Waals surface area contributed by atoms with Gasteiger partial charge in [-0.25, -0.2) is 0 Å². The highest BCUT2D eigenvalue weighted by Gasteiger charge is 2.06. The van der Waals surface area contributed by atoms with Crippen LogP contribution in [0.1, 0.15) is 11.1 Å². The Kier molecular flexibility index (Phi) is 3.17. The first-order chi connectivity index (χ1) is 8.88. The van der Waals surface area contributed by atoms with Gasteiger partial charge in [-0.15, -0.1) is 0 Å². The van der Waals surface area contributed by atoms with Crippen LogP contribution in [0.25, 0.3) is 10.9 Å². The summed E-state index contributed by atoms with van der Waals surface area (Å²) in [5.74, 6) is 0. The lowest BCUT2D eigenvalue weighted by atomic mass is 10.2. The lowest BCUT2D eigenvalue weighted by Gasteiger charge is -2.03. The van der Waals surface area contributed by atoms with Crippen LogP contribution in [-0.2, 0) is 19.6 Å². The third-order valence-electron chi connectivity index (χ3n) is 3.26. The maximum absolute atomic E-state index is 9.39. The summed E-state index contributed by atoms with van der Waals surface area (Å²) in [5.41, 5.74) is 3.59. The average molecular weight is 257 g/mol. The van der Waals surface area contributed by atoms with Crippen molar-refractivity contribution in [3.8, 4) is 0 Å². The third-order valence-corrected chi connectivity index (χ3v) is 3.99. The minimum atomic E-state index is 0.103. The summed E-state index contributed by atoms with van der Waals surface area (Å²) < 4.78 is 2.23. The summed E-state index contributed by atoms with van der Waals surface area (Å²) in [4.78, 5) is 0. The topological polar surface area (TPSA) is 25.2 Å². The second kappa shape index (κ2) is 4.96. The molecule has 0 aliphatic carbocycles. The van der Waals surface area contributed by atoms with E-state index >= 15 is 0 Å². The minimum Gasteiger partial charge on any atom is -0.392 e. The Hall–Kier alpha value is -1.58. The highest BCUT2D eigenvalue weighted by Crippen LogP contribution is 2.22. The molecule has 1 N–H and O–H groups in total. The van der Waals surface area contributed by atoms with E-state index in [2.05, 4.69) is 39.7 Å². The molecule has 2 heterocycles. The van der Waals surface area contributed by atoms with E-state index in [0.717, 1.165) is 23.9 Å². The highest BCUT2D eigenvalue weighted by atomic mass is 32.1. The number of benzene rings is 1. The maximum Gasteiger partial charge on any atom is 0.0702 e. The Morgan fingerprint density at radius 1 is 1.17 bits per heavy atom. The molecule has 0 bridgehead atoms. The van der Waals surface area contributed by atoms with E-state index in [4.69, 9.17) is 0 Å². The average Bonchev–Trinajstić information content (AvgIpc) is 3.04. The van der Waals surface area contributed by atoms with E-state index < -0.39 is 0 Å². The van der Waals surface area contributed by atoms with E-state index in [1.807, 2.05) is 12.1 Å². The van der Waals surface area contributed by atoms with Gasteiger partial charge in [0.2, 0.25) is 0 Å². The molecule has 3 heteroatoms. The Bertz CT molecular complexity index is 640. The van der Waals surface area contributed by atoms with Gasteiger partial charge in [-0.1, -0.05) is 18.2 Å². The lowest BCUT2D eigenvalue weighted by molar-refractivity contribution is 0.283. The van der Waals surface area contributed by atoms with Gasteiger partial charge in [0.25, 0.3) is 0 Å². The van der Waals surface area contributed by atoms with Crippen molar-refractivity contribution in [3.63, 3.8) is 0 Å². The second-order valence-corrected chi connectivity index (χ2v) is 5.18. The number of nitrogens with zero attached hydrogens (tertiary/aromatic N) is 1. The third kappa shape index (κ3) is 2.07. The van der Waals surface area contributed by atoms with Crippen molar-refractivity contribution >= 4 is 22.2 Å². The normalized spacial score (nSPS) is 11.2. The fourth-order valence-corrected chi connectivity index (χ4v) is 3.02. The van der Waals surface area contributed by atoms with Gasteiger partial charge < -0.3 is 9.67 Å². The Morgan fingerprint density at radius 2 is 2.06 bits per heavy atom. The zero-order chi connectivity index (χ0) is 12.4. The summed E-state index contributed by atoms with van der Waals surface area (Å²) in [6.45, 7) is 1.06. The number of para-hydroxylation sites is 1. The summed E-state index contributed by atoms with van der Waals surface area (Å²) in [6.07, 6.45) is 3.10. The fraction of sp³-hybridized carbons (Fsp3) is 0.200. The van der Waals surface area contributed by atoms with Crippen LogP contribution in [0.3, 0.4) is 0 Å². The molecule has 0 aliphatic heterocycles. The van der Waals surface area contributed by atoms with Crippen molar-refractivity contribution in [1.29, 1.82) is 0 Å². The van der Waals surface area contributed by atoms with Gasteiger partial charge >= 0.3 is 0 Å². The number of hydrogen-bond acceptors (Lipinski definition) is 2. The van der Waals surface area contributed by atoms with E-state index in [1.54, 1.807) is 11.3 Å². The Morgan fingerprint density at radius 3 is 2.83 bits per heavy atom. The van der Waals surface area contributed by atoms with Crippen LogP contribution in [-0.4, -0.2) is 9.67 Å². The van der Waals surface area contributed by atoms with Crippen LogP contribution < -0.4 is 0 Å². The number of aliphatic hydroxyl groups is 1. The zero-order valence-electron chi connectivity index (χ0n) is 10.0. The van der Waals surface area contributed by atoms with E-state index in [1.165, 1.54) is 11.1 Å². The summed E-state index contributed by atoms with van der Waals surface area (Å²) >= 11 is 1.74. The van der Waals surface area contributed by atoms with Crippen molar-refractivity contribution in [3.05, 3.63) is 58.4 Å². The van der Waals surface area contributed by atoms with Gasteiger partial charge in [-0.2, -0.15) is 11.3 Å². The number of hydrogen-bond donors (Lipinski definition) is 1. The van der Waals surface area contributed by atoms with Gasteiger partial charge in [0.15, 0.2) is 0 Å². The molecule has 3 rings (SSSR count). The molecule has 0 spiro atoms. The predicted molar refractivity (Wildman–Crippen MR) is 75.9 cm³/mol.